The van der Waals surface area contributed by atoms with Gasteiger partial charge < -0.3 is 9.22 Å². The molecule has 0 N–H and O–H groups in total. The molecule has 1 unspecified atom stereocenters. The van der Waals surface area contributed by atoms with Crippen LogP contribution >= 0.6 is 0 Å². The molecule has 24 heavy (non-hydrogen) atoms. The second-order valence-corrected chi connectivity index (χ2v) is 11.6. The number of hydrogen-bond donors (Lipinski definition) is 0. The summed E-state index contributed by atoms with van der Waals surface area (Å²) in [5.74, 6) is -0.0494. The molecular weight excluding hydrogens is 312 g/mol. The van der Waals surface area contributed by atoms with Crippen LogP contribution in [0.2, 0.25) is 5.04 Å². The number of rotatable bonds is 7. The van der Waals surface area contributed by atoms with Crippen LogP contribution in [0.25, 0.3) is 0 Å². The lowest BCUT2D eigenvalue weighted by molar-refractivity contribution is -0.112. The lowest BCUT2D eigenvalue weighted by Crippen LogP contribution is -2.66. The number of carbonyl (C=O) groups excluding carboxylic acids is 1. The Morgan fingerprint density at radius 2 is 1.42 bits per heavy atom. The smallest absolute Gasteiger partial charge is 0.261 e. The normalized spacial score (nSPS) is 13.5. The summed E-state index contributed by atoms with van der Waals surface area (Å²) in [6, 6.07) is 21.1. The van der Waals surface area contributed by atoms with Crippen molar-refractivity contribution in [3.63, 3.8) is 0 Å². The van der Waals surface area contributed by atoms with Gasteiger partial charge in [-0.3, -0.25) is 0 Å². The standard InChI is InChI=1S/C21H28O2Si/c1-5-18(16-22)17-23-24(21(2,3)4,19-12-8-6-9-13-19)20-14-10-7-11-15-20/h6-16,18H,5,17H2,1-4H3. The molecule has 0 saturated carbocycles. The van der Waals surface area contributed by atoms with Gasteiger partial charge in [0.1, 0.15) is 6.29 Å². The average Bonchev–Trinajstić information content (AvgIpc) is 2.59. The van der Waals surface area contributed by atoms with E-state index in [-0.39, 0.29) is 11.0 Å². The molecule has 0 amide bonds. The van der Waals surface area contributed by atoms with Crippen LogP contribution in [0.1, 0.15) is 34.1 Å². The van der Waals surface area contributed by atoms with Gasteiger partial charge in [-0.2, -0.15) is 0 Å². The van der Waals surface area contributed by atoms with E-state index in [4.69, 9.17) is 4.43 Å². The average molecular weight is 341 g/mol. The van der Waals surface area contributed by atoms with Gasteiger partial charge >= 0.3 is 0 Å². The summed E-state index contributed by atoms with van der Waals surface area (Å²) in [4.78, 5) is 11.3. The van der Waals surface area contributed by atoms with Crippen LogP contribution in [0.15, 0.2) is 60.7 Å². The van der Waals surface area contributed by atoms with Gasteiger partial charge in [0.25, 0.3) is 8.32 Å². The monoisotopic (exact) mass is 340 g/mol. The molecule has 0 aliphatic rings. The largest absolute Gasteiger partial charge is 0.407 e. The van der Waals surface area contributed by atoms with Crippen molar-refractivity contribution in [2.45, 2.75) is 39.2 Å². The first kappa shape index (κ1) is 18.6. The molecule has 2 nitrogen and oxygen atoms in total. The zero-order valence-electron chi connectivity index (χ0n) is 15.2. The molecule has 0 aromatic heterocycles. The van der Waals surface area contributed by atoms with Gasteiger partial charge in [0, 0.05) is 12.5 Å². The third-order valence-electron chi connectivity index (χ3n) is 4.65. The van der Waals surface area contributed by atoms with Crippen molar-refractivity contribution in [3.8, 4) is 0 Å². The van der Waals surface area contributed by atoms with E-state index in [9.17, 15) is 4.79 Å². The molecule has 0 bridgehead atoms. The van der Waals surface area contributed by atoms with E-state index in [0.717, 1.165) is 12.7 Å². The van der Waals surface area contributed by atoms with Crippen molar-refractivity contribution >= 4 is 25.0 Å². The van der Waals surface area contributed by atoms with E-state index < -0.39 is 8.32 Å². The van der Waals surface area contributed by atoms with Crippen molar-refractivity contribution in [1.82, 2.24) is 0 Å². The van der Waals surface area contributed by atoms with Crippen LogP contribution in [-0.2, 0) is 9.22 Å². The Labute approximate surface area is 147 Å². The summed E-state index contributed by atoms with van der Waals surface area (Å²) in [5, 5.41) is 2.46. The molecule has 0 fully saturated rings. The van der Waals surface area contributed by atoms with E-state index in [0.29, 0.717) is 6.61 Å². The molecule has 1 atom stereocenters. The maximum Gasteiger partial charge on any atom is 0.261 e. The first-order valence-corrected chi connectivity index (χ1v) is 10.6. The number of aldehydes is 1. The maximum absolute atomic E-state index is 11.3. The Hall–Kier alpha value is -1.71. The minimum atomic E-state index is -2.50. The Morgan fingerprint density at radius 1 is 0.958 bits per heavy atom. The molecule has 0 heterocycles. The minimum absolute atomic E-state index is 0.0448. The Bertz CT molecular complexity index is 592. The fourth-order valence-electron chi connectivity index (χ4n) is 3.25. The first-order valence-electron chi connectivity index (χ1n) is 8.66. The molecule has 0 aliphatic heterocycles. The maximum atomic E-state index is 11.3. The Balaban J connectivity index is 2.59. The number of hydrogen-bond acceptors (Lipinski definition) is 2. The van der Waals surface area contributed by atoms with Crippen molar-refractivity contribution < 1.29 is 9.22 Å². The number of carbonyl (C=O) groups is 1. The second kappa shape index (κ2) is 7.91. The third kappa shape index (κ3) is 3.68. The van der Waals surface area contributed by atoms with E-state index in [2.05, 4.69) is 69.3 Å². The van der Waals surface area contributed by atoms with Crippen LogP contribution in [0.5, 0.6) is 0 Å². The van der Waals surface area contributed by atoms with Crippen molar-refractivity contribution in [2.75, 3.05) is 6.61 Å². The van der Waals surface area contributed by atoms with Crippen molar-refractivity contribution in [1.29, 1.82) is 0 Å². The Kier molecular flexibility index (Phi) is 6.14. The van der Waals surface area contributed by atoms with Crippen LogP contribution in [0.3, 0.4) is 0 Å². The molecule has 0 aliphatic carbocycles. The summed E-state index contributed by atoms with van der Waals surface area (Å²) >= 11 is 0. The zero-order valence-corrected chi connectivity index (χ0v) is 16.2. The summed E-state index contributed by atoms with van der Waals surface area (Å²) in [6.45, 7) is 9.27. The van der Waals surface area contributed by atoms with E-state index in [1.165, 1.54) is 10.4 Å². The van der Waals surface area contributed by atoms with E-state index in [1.54, 1.807) is 0 Å². The molecule has 0 saturated heterocycles. The van der Waals surface area contributed by atoms with Gasteiger partial charge in [-0.05, 0) is 21.8 Å². The topological polar surface area (TPSA) is 26.3 Å². The summed E-state index contributed by atoms with van der Waals surface area (Å²) in [5.41, 5.74) is 0. The second-order valence-electron chi connectivity index (χ2n) is 7.28. The van der Waals surface area contributed by atoms with Gasteiger partial charge in [0.05, 0.1) is 0 Å². The molecule has 2 aromatic carbocycles. The van der Waals surface area contributed by atoms with Gasteiger partial charge in [-0.15, -0.1) is 0 Å². The fraction of sp³-hybridized carbons (Fsp3) is 0.381. The summed E-state index contributed by atoms with van der Waals surface area (Å²) in [6.07, 6.45) is 1.83. The molecular formula is C21H28O2Si. The van der Waals surface area contributed by atoms with E-state index in [1.807, 2.05) is 19.1 Å². The number of benzene rings is 2. The van der Waals surface area contributed by atoms with E-state index >= 15 is 0 Å². The molecule has 2 aromatic rings. The minimum Gasteiger partial charge on any atom is -0.407 e. The van der Waals surface area contributed by atoms with Crippen LogP contribution in [-0.4, -0.2) is 21.2 Å². The lowest BCUT2D eigenvalue weighted by Gasteiger charge is -2.43. The third-order valence-corrected chi connectivity index (χ3v) is 9.65. The predicted octanol–water partition coefficient (Wildman–Crippen LogP) is 3.79. The van der Waals surface area contributed by atoms with Gasteiger partial charge in [0.2, 0.25) is 0 Å². The van der Waals surface area contributed by atoms with Gasteiger partial charge in [-0.25, -0.2) is 0 Å². The fourth-order valence-corrected chi connectivity index (χ4v) is 7.87. The van der Waals surface area contributed by atoms with Crippen LogP contribution in [0, 0.1) is 5.92 Å². The molecule has 2 rings (SSSR count). The Morgan fingerprint density at radius 3 is 1.75 bits per heavy atom. The molecule has 128 valence electrons. The highest BCUT2D eigenvalue weighted by Crippen LogP contribution is 2.37. The predicted molar refractivity (Wildman–Crippen MR) is 103 cm³/mol. The zero-order chi connectivity index (χ0) is 17.6. The van der Waals surface area contributed by atoms with Crippen molar-refractivity contribution in [3.05, 3.63) is 60.7 Å². The molecule has 0 spiro atoms. The first-order chi connectivity index (χ1) is 11.5. The highest BCUT2D eigenvalue weighted by Gasteiger charge is 2.50. The quantitative estimate of drug-likeness (QED) is 0.566. The molecule has 3 heteroatoms. The highest BCUT2D eigenvalue weighted by molar-refractivity contribution is 6.99. The lowest BCUT2D eigenvalue weighted by atomic mass is 10.1. The van der Waals surface area contributed by atoms with Crippen molar-refractivity contribution in [2.24, 2.45) is 5.92 Å². The highest BCUT2D eigenvalue weighted by atomic mass is 28.4. The molecule has 0 radical (unpaired) electrons. The SMILES string of the molecule is CCC(C=O)CO[Si](c1ccccc1)(c1ccccc1)C(C)(C)C. The van der Waals surface area contributed by atoms with Gasteiger partial charge in [0.15, 0.2) is 0 Å². The summed E-state index contributed by atoms with van der Waals surface area (Å²) < 4.78 is 6.72. The van der Waals surface area contributed by atoms with Crippen LogP contribution < -0.4 is 10.4 Å². The van der Waals surface area contributed by atoms with Gasteiger partial charge in [-0.1, -0.05) is 88.4 Å². The summed E-state index contributed by atoms with van der Waals surface area (Å²) in [7, 11) is -2.50. The van der Waals surface area contributed by atoms with Crippen LogP contribution in [0.4, 0.5) is 0 Å².